The van der Waals surface area contributed by atoms with E-state index in [0.29, 0.717) is 11.1 Å². The monoisotopic (exact) mass is 841 g/mol. The van der Waals surface area contributed by atoms with Crippen LogP contribution < -0.4 is 10.2 Å². The number of rotatable bonds is 20. The molecule has 0 aliphatic heterocycles. The maximum absolute atomic E-state index is 14.8. The normalized spacial score (nSPS) is 15.6. The summed E-state index contributed by atoms with van der Waals surface area (Å²) in [4.78, 5) is 11.2. The van der Waals surface area contributed by atoms with Gasteiger partial charge >= 0.3 is 47.6 Å². The van der Waals surface area contributed by atoms with Crippen LogP contribution in [0.3, 0.4) is 0 Å². The van der Waals surface area contributed by atoms with Gasteiger partial charge in [-0.1, -0.05) is 45.4 Å². The number of hydrogen-bond acceptors (Lipinski definition) is 5. The molecule has 6 nitrogen and oxygen atoms in total. The smallest absolute Gasteiger partial charge is 0.460 e. The Labute approximate surface area is 297 Å². The summed E-state index contributed by atoms with van der Waals surface area (Å²) in [5, 5.41) is 18.9. The van der Waals surface area contributed by atoms with Gasteiger partial charge in [0.15, 0.2) is 8.32 Å². The Morgan fingerprint density at radius 2 is 1.15 bits per heavy atom. The van der Waals surface area contributed by atoms with Crippen LogP contribution in [0.4, 0.5) is 74.6 Å². The average molecular weight is 842 g/mol. The number of halogens is 17. The fraction of sp³-hybridized carbons (Fsp3) is 0.700. The van der Waals surface area contributed by atoms with Crippen LogP contribution in [-0.4, -0.2) is 85.4 Å². The van der Waals surface area contributed by atoms with Gasteiger partial charge in [-0.05, 0) is 48.2 Å². The first-order valence-corrected chi connectivity index (χ1v) is 17.7. The van der Waals surface area contributed by atoms with E-state index in [0.717, 1.165) is 6.08 Å². The molecule has 0 aliphatic carbocycles. The van der Waals surface area contributed by atoms with Crippen molar-refractivity contribution in [1.82, 2.24) is 5.48 Å². The van der Waals surface area contributed by atoms with Crippen molar-refractivity contribution in [2.75, 3.05) is 13.2 Å². The molecule has 0 spiro atoms. The molecule has 0 heterocycles. The third-order valence-corrected chi connectivity index (χ3v) is 14.2. The van der Waals surface area contributed by atoms with E-state index in [9.17, 15) is 84.5 Å². The molecule has 1 atom stereocenters. The van der Waals surface area contributed by atoms with E-state index >= 15 is 0 Å². The number of hydroxylamine groups is 1. The quantitative estimate of drug-likeness (QED) is 0.0304. The average Bonchev–Trinajstić information content (AvgIpc) is 3.03. The molecule has 3 N–H and O–H groups in total. The summed E-state index contributed by atoms with van der Waals surface area (Å²) in [6, 6.07) is 4.21. The highest BCUT2D eigenvalue weighted by Crippen LogP contribution is 2.64. The highest BCUT2D eigenvalue weighted by Gasteiger charge is 2.95. The molecule has 0 saturated heterocycles. The lowest BCUT2D eigenvalue weighted by Crippen LogP contribution is -2.74. The minimum atomic E-state index is -8.68. The number of amides is 1. The lowest BCUT2D eigenvalue weighted by molar-refractivity contribution is -0.461. The molecule has 314 valence electrons. The molecule has 0 radical (unpaired) electrons. The topological polar surface area (TPSA) is 88.0 Å². The Kier molecular flexibility index (Phi) is 15.2. The molecule has 54 heavy (non-hydrogen) atoms. The predicted molar refractivity (Wildman–Crippen MR) is 157 cm³/mol. The van der Waals surface area contributed by atoms with Crippen LogP contribution in [0.1, 0.15) is 59.1 Å². The molecule has 0 saturated carbocycles. The van der Waals surface area contributed by atoms with Gasteiger partial charge in [0.1, 0.15) is 12.4 Å². The third-order valence-electron chi connectivity index (χ3n) is 8.56. The number of alkyl halides is 17. The molecule has 1 amide bonds. The van der Waals surface area contributed by atoms with Gasteiger partial charge in [0, 0.05) is 12.5 Å². The van der Waals surface area contributed by atoms with E-state index < -0.39 is 105 Å². The zero-order valence-electron chi connectivity index (χ0n) is 28.7. The van der Waals surface area contributed by atoms with E-state index in [1.807, 2.05) is 0 Å². The lowest BCUT2D eigenvalue weighted by atomic mass is 9.88. The van der Waals surface area contributed by atoms with E-state index in [1.165, 1.54) is 64.4 Å². The molecule has 1 rings (SSSR count). The minimum Gasteiger partial charge on any atom is -0.491 e. The summed E-state index contributed by atoms with van der Waals surface area (Å²) >= 11 is 0. The summed E-state index contributed by atoms with van der Waals surface area (Å²) < 4.78 is 245. The number of aliphatic hydroxyl groups excluding tert-OH is 1. The Balaban J connectivity index is 3.22. The van der Waals surface area contributed by atoms with Crippen LogP contribution in [0.2, 0.25) is 17.1 Å². The van der Waals surface area contributed by atoms with Crippen LogP contribution in [0.25, 0.3) is 0 Å². The largest absolute Gasteiger partial charge is 0.491 e. The Morgan fingerprint density at radius 1 is 0.722 bits per heavy atom. The number of hydrogen-bond donors (Lipinski definition) is 3. The fourth-order valence-corrected chi connectivity index (χ4v) is 9.74. The molecule has 0 bridgehead atoms. The van der Waals surface area contributed by atoms with Crippen molar-refractivity contribution in [3.05, 3.63) is 41.5 Å². The number of nitrogens with one attached hydrogen (secondary N) is 1. The third kappa shape index (κ3) is 9.22. The second-order valence-corrected chi connectivity index (χ2v) is 17.9. The fourth-order valence-electron chi connectivity index (χ4n) is 5.27. The van der Waals surface area contributed by atoms with E-state index in [1.54, 1.807) is 0 Å². The first-order valence-electron chi connectivity index (χ1n) is 15.4. The molecule has 1 aromatic rings. The van der Waals surface area contributed by atoms with Crippen LogP contribution in [0.15, 0.2) is 35.9 Å². The van der Waals surface area contributed by atoms with Crippen LogP contribution in [0.5, 0.6) is 5.75 Å². The van der Waals surface area contributed by atoms with Gasteiger partial charge in [-0.15, -0.1) is 0 Å². The number of aliphatic hydroxyl groups is 1. The van der Waals surface area contributed by atoms with Crippen molar-refractivity contribution < 1.29 is 98.9 Å². The van der Waals surface area contributed by atoms with Gasteiger partial charge in [-0.25, -0.2) is 5.48 Å². The zero-order chi connectivity index (χ0) is 42.7. The second kappa shape index (κ2) is 16.7. The summed E-state index contributed by atoms with van der Waals surface area (Å²) in [5.41, 5.74) is 0.392. The van der Waals surface area contributed by atoms with Crippen molar-refractivity contribution in [3.63, 3.8) is 0 Å². The number of carbonyl (C=O) groups is 1. The van der Waals surface area contributed by atoms with Crippen molar-refractivity contribution >= 4 is 14.2 Å². The van der Waals surface area contributed by atoms with E-state index in [2.05, 4.69) is 0 Å². The van der Waals surface area contributed by atoms with E-state index in [4.69, 9.17) is 14.4 Å². The molecule has 0 aliphatic rings. The summed E-state index contributed by atoms with van der Waals surface area (Å²) in [7, 11) is -3.95. The lowest BCUT2D eigenvalue weighted by Gasteiger charge is -2.44. The van der Waals surface area contributed by atoms with Crippen molar-refractivity contribution in [2.24, 2.45) is 0 Å². The highest BCUT2D eigenvalue weighted by atomic mass is 28.4. The number of benzene rings is 1. The van der Waals surface area contributed by atoms with Gasteiger partial charge in [0.05, 0.1) is 12.7 Å². The molecular weight excluding hydrogens is 805 g/mol. The molecular formula is C30H36F17NO5Si. The SMILES string of the molecule is C/C(=C\C(=O)NO)C[C@H](O)c1ccc(OCCO[Si](CCC(F)(F)C(F)(F)C(F)(F)C(F)(F)C(F)(F)C(F)(F)C(F)(F)C(F)(F)F)(C(C)C)C(C)C)cc1. The summed E-state index contributed by atoms with van der Waals surface area (Å²) in [6.07, 6.45) is -10.5. The van der Waals surface area contributed by atoms with Gasteiger partial charge in [0.25, 0.3) is 5.91 Å². The maximum atomic E-state index is 14.8. The van der Waals surface area contributed by atoms with Crippen molar-refractivity contribution in [2.45, 2.75) is 118 Å². The minimum absolute atomic E-state index is 0.0209. The van der Waals surface area contributed by atoms with Crippen molar-refractivity contribution in [1.29, 1.82) is 0 Å². The standard InChI is InChI=1S/C30H36F17NO5Si/c1-16(2)54(17(3)4,53-12-11-52-20-8-6-19(7-9-20)21(49)14-18(5)15-22(50)48-51)13-10-23(31,32)24(33,34)25(35,36)26(37,38)27(39,40)28(41,42)29(43,44)30(45,46)47/h6-9,15-17,21,49,51H,10-14H2,1-5H3,(H,48,50)/b18-15+/t21-/m0/s1. The number of ether oxygens (including phenoxy) is 1. The van der Waals surface area contributed by atoms with Gasteiger partial charge < -0.3 is 14.3 Å². The second-order valence-electron chi connectivity index (χ2n) is 12.9. The Morgan fingerprint density at radius 3 is 1.56 bits per heavy atom. The molecule has 1 aromatic carbocycles. The predicted octanol–water partition coefficient (Wildman–Crippen LogP) is 10.1. The van der Waals surface area contributed by atoms with Gasteiger partial charge in [-0.3, -0.25) is 10.0 Å². The van der Waals surface area contributed by atoms with E-state index in [-0.39, 0.29) is 12.2 Å². The van der Waals surface area contributed by atoms with Crippen molar-refractivity contribution in [3.8, 4) is 5.75 Å². The Bertz CT molecular complexity index is 1430. The summed E-state index contributed by atoms with van der Waals surface area (Å²) in [6.45, 7) is 5.85. The van der Waals surface area contributed by atoms with Gasteiger partial charge in [0.2, 0.25) is 0 Å². The highest BCUT2D eigenvalue weighted by molar-refractivity contribution is 6.76. The molecule has 0 unspecified atom stereocenters. The number of carbonyl (C=O) groups excluding carboxylic acids is 1. The molecule has 24 heteroatoms. The Hall–Kier alpha value is -2.86. The summed E-state index contributed by atoms with van der Waals surface area (Å²) in [5.74, 6) is -57.4. The first kappa shape index (κ1) is 49.2. The molecule has 0 aromatic heterocycles. The zero-order valence-corrected chi connectivity index (χ0v) is 29.7. The maximum Gasteiger partial charge on any atom is 0.460 e. The van der Waals surface area contributed by atoms with Crippen LogP contribution in [-0.2, 0) is 9.22 Å². The van der Waals surface area contributed by atoms with Crippen LogP contribution >= 0.6 is 0 Å². The van der Waals surface area contributed by atoms with Gasteiger partial charge in [-0.2, -0.15) is 74.6 Å². The van der Waals surface area contributed by atoms with Crippen LogP contribution in [0, 0.1) is 0 Å². The first-order chi connectivity index (χ1) is 24.1. The molecule has 0 fully saturated rings.